The maximum absolute atomic E-state index is 12.1. The Balaban J connectivity index is 1.96. The summed E-state index contributed by atoms with van der Waals surface area (Å²) in [5.41, 5.74) is 1.72. The first-order valence-electron chi connectivity index (χ1n) is 8.11. The Labute approximate surface area is 154 Å². The molecule has 1 aliphatic rings. The van der Waals surface area contributed by atoms with E-state index < -0.39 is 4.92 Å². The van der Waals surface area contributed by atoms with Crippen molar-refractivity contribution >= 4 is 28.6 Å². The fourth-order valence-electron chi connectivity index (χ4n) is 2.94. The SMILES string of the molecule is CCc1ccc(Oc2ccc([N+](=O)[O-])c(Cl)c2)cc1C1=C(O)CCC1=O. The van der Waals surface area contributed by atoms with Gasteiger partial charge in [-0.2, -0.15) is 0 Å². The van der Waals surface area contributed by atoms with E-state index >= 15 is 0 Å². The molecule has 0 spiro atoms. The van der Waals surface area contributed by atoms with Gasteiger partial charge in [0.25, 0.3) is 5.69 Å². The summed E-state index contributed by atoms with van der Waals surface area (Å²) >= 11 is 5.90. The maximum atomic E-state index is 12.1. The highest BCUT2D eigenvalue weighted by Crippen LogP contribution is 2.36. The first-order chi connectivity index (χ1) is 12.4. The molecular formula is C19H16ClNO5. The molecule has 0 atom stereocenters. The number of ketones is 1. The molecule has 0 saturated heterocycles. The van der Waals surface area contributed by atoms with Gasteiger partial charge in [0.2, 0.25) is 0 Å². The molecule has 0 aliphatic heterocycles. The number of halogens is 1. The summed E-state index contributed by atoms with van der Waals surface area (Å²) < 4.78 is 5.74. The maximum Gasteiger partial charge on any atom is 0.288 e. The lowest BCUT2D eigenvalue weighted by Crippen LogP contribution is -2.01. The minimum absolute atomic E-state index is 0.0239. The molecule has 0 unspecified atom stereocenters. The number of aryl methyl sites for hydroxylation is 1. The zero-order valence-corrected chi connectivity index (χ0v) is 14.7. The number of aliphatic hydroxyl groups is 1. The second kappa shape index (κ2) is 7.17. The van der Waals surface area contributed by atoms with Gasteiger partial charge < -0.3 is 9.84 Å². The number of nitrogens with zero attached hydrogens (tertiary/aromatic N) is 1. The number of nitro groups is 1. The molecule has 6 nitrogen and oxygen atoms in total. The number of carbonyl (C=O) groups excluding carboxylic acids is 1. The fourth-order valence-corrected chi connectivity index (χ4v) is 3.18. The molecule has 0 radical (unpaired) electrons. The van der Waals surface area contributed by atoms with Crippen LogP contribution in [0.15, 0.2) is 42.2 Å². The van der Waals surface area contributed by atoms with Crippen LogP contribution in [0.1, 0.15) is 30.9 Å². The van der Waals surface area contributed by atoms with Crippen molar-refractivity contribution in [2.45, 2.75) is 26.2 Å². The van der Waals surface area contributed by atoms with Crippen LogP contribution in [0.25, 0.3) is 5.57 Å². The van der Waals surface area contributed by atoms with E-state index in [-0.39, 0.29) is 22.3 Å². The highest BCUT2D eigenvalue weighted by molar-refractivity contribution is 6.32. The Hall–Kier alpha value is -2.86. The highest BCUT2D eigenvalue weighted by atomic mass is 35.5. The summed E-state index contributed by atoms with van der Waals surface area (Å²) in [4.78, 5) is 22.4. The topological polar surface area (TPSA) is 89.7 Å². The van der Waals surface area contributed by atoms with Gasteiger partial charge in [-0.05, 0) is 35.7 Å². The third-order valence-electron chi connectivity index (χ3n) is 4.24. The monoisotopic (exact) mass is 373 g/mol. The lowest BCUT2D eigenvalue weighted by atomic mass is 9.96. The van der Waals surface area contributed by atoms with Gasteiger partial charge in [0.05, 0.1) is 10.5 Å². The van der Waals surface area contributed by atoms with Crippen LogP contribution in [0.5, 0.6) is 11.5 Å². The van der Waals surface area contributed by atoms with Gasteiger partial charge in [-0.15, -0.1) is 0 Å². The van der Waals surface area contributed by atoms with Gasteiger partial charge in [0.15, 0.2) is 5.78 Å². The van der Waals surface area contributed by atoms with E-state index in [0.717, 1.165) is 5.56 Å². The largest absolute Gasteiger partial charge is 0.512 e. The molecule has 2 aromatic rings. The molecule has 3 rings (SSSR count). The Kier molecular flexibility index (Phi) is 4.95. The van der Waals surface area contributed by atoms with Crippen LogP contribution in [0.2, 0.25) is 5.02 Å². The highest BCUT2D eigenvalue weighted by Gasteiger charge is 2.26. The summed E-state index contributed by atoms with van der Waals surface area (Å²) in [5.74, 6) is 0.793. The second-order valence-corrected chi connectivity index (χ2v) is 6.30. The lowest BCUT2D eigenvalue weighted by Gasteiger charge is -2.12. The first-order valence-corrected chi connectivity index (χ1v) is 8.49. The number of carbonyl (C=O) groups is 1. The normalized spacial score (nSPS) is 14.0. The van der Waals surface area contributed by atoms with Crippen molar-refractivity contribution in [3.63, 3.8) is 0 Å². The summed E-state index contributed by atoms with van der Waals surface area (Å²) in [7, 11) is 0. The van der Waals surface area contributed by atoms with Crippen LogP contribution in [-0.4, -0.2) is 15.8 Å². The van der Waals surface area contributed by atoms with Gasteiger partial charge in [-0.25, -0.2) is 0 Å². The number of benzene rings is 2. The molecule has 26 heavy (non-hydrogen) atoms. The van der Waals surface area contributed by atoms with Crippen molar-refractivity contribution in [1.82, 2.24) is 0 Å². The van der Waals surface area contributed by atoms with E-state index in [0.29, 0.717) is 41.9 Å². The molecule has 0 saturated carbocycles. The van der Waals surface area contributed by atoms with Gasteiger partial charge in [0.1, 0.15) is 22.3 Å². The van der Waals surface area contributed by atoms with E-state index in [9.17, 15) is 20.0 Å². The number of Topliss-reactive ketones (excluding diaryl/α,β-unsaturated/α-hetero) is 1. The number of rotatable bonds is 5. The van der Waals surface area contributed by atoms with Crippen LogP contribution < -0.4 is 4.74 Å². The molecule has 0 heterocycles. The molecule has 1 aliphatic carbocycles. The van der Waals surface area contributed by atoms with Crippen LogP contribution in [-0.2, 0) is 11.2 Å². The minimum Gasteiger partial charge on any atom is -0.512 e. The Bertz CT molecular complexity index is 936. The van der Waals surface area contributed by atoms with Crippen LogP contribution >= 0.6 is 11.6 Å². The average Bonchev–Trinajstić information content (AvgIpc) is 2.93. The van der Waals surface area contributed by atoms with E-state index in [1.165, 1.54) is 18.2 Å². The summed E-state index contributed by atoms with van der Waals surface area (Å²) in [6, 6.07) is 9.37. The third kappa shape index (κ3) is 3.41. The molecular weight excluding hydrogens is 358 g/mol. The number of hydrogen-bond donors (Lipinski definition) is 1. The molecule has 134 valence electrons. The minimum atomic E-state index is -0.568. The van der Waals surface area contributed by atoms with Crippen molar-refractivity contribution in [1.29, 1.82) is 0 Å². The van der Waals surface area contributed by atoms with Crippen LogP contribution in [0.3, 0.4) is 0 Å². The molecule has 7 heteroatoms. The molecule has 1 N–H and O–H groups in total. The quantitative estimate of drug-likeness (QED) is 0.572. The zero-order chi connectivity index (χ0) is 18.8. The van der Waals surface area contributed by atoms with Gasteiger partial charge >= 0.3 is 0 Å². The van der Waals surface area contributed by atoms with Gasteiger partial charge in [-0.3, -0.25) is 14.9 Å². The van der Waals surface area contributed by atoms with E-state index in [1.807, 2.05) is 13.0 Å². The van der Waals surface area contributed by atoms with Crippen molar-refractivity contribution in [2.75, 3.05) is 0 Å². The van der Waals surface area contributed by atoms with Gasteiger partial charge in [0, 0.05) is 25.0 Å². The van der Waals surface area contributed by atoms with Crippen molar-refractivity contribution in [3.05, 3.63) is 68.4 Å². The van der Waals surface area contributed by atoms with E-state index in [4.69, 9.17) is 16.3 Å². The Morgan fingerprint density at radius 3 is 2.46 bits per heavy atom. The Morgan fingerprint density at radius 1 is 1.19 bits per heavy atom. The predicted octanol–water partition coefficient (Wildman–Crippen LogP) is 5.23. The predicted molar refractivity (Wildman–Crippen MR) is 97.8 cm³/mol. The smallest absolute Gasteiger partial charge is 0.288 e. The molecule has 2 aromatic carbocycles. The molecule has 0 aromatic heterocycles. The average molecular weight is 374 g/mol. The van der Waals surface area contributed by atoms with Crippen LogP contribution in [0.4, 0.5) is 5.69 Å². The summed E-state index contributed by atoms with van der Waals surface area (Å²) in [5, 5.41) is 20.9. The van der Waals surface area contributed by atoms with Crippen molar-refractivity contribution in [2.24, 2.45) is 0 Å². The summed E-state index contributed by atoms with van der Waals surface area (Å²) in [6.07, 6.45) is 1.34. The fraction of sp³-hybridized carbons (Fsp3) is 0.211. The molecule has 0 amide bonds. The van der Waals surface area contributed by atoms with E-state index in [2.05, 4.69) is 0 Å². The van der Waals surface area contributed by atoms with Gasteiger partial charge in [-0.1, -0.05) is 24.6 Å². The number of nitro benzene ring substituents is 1. The number of hydrogen-bond acceptors (Lipinski definition) is 5. The Morgan fingerprint density at radius 2 is 1.88 bits per heavy atom. The van der Waals surface area contributed by atoms with Crippen LogP contribution in [0, 0.1) is 10.1 Å². The number of aliphatic hydroxyl groups excluding tert-OH is 1. The number of ether oxygens (including phenoxy) is 1. The molecule has 0 fully saturated rings. The first kappa shape index (κ1) is 17.9. The lowest BCUT2D eigenvalue weighted by molar-refractivity contribution is -0.384. The van der Waals surface area contributed by atoms with E-state index in [1.54, 1.807) is 12.1 Å². The standard InChI is InChI=1S/C19H16ClNO5/c1-2-11-3-4-12(9-14(11)19-17(22)7-8-18(19)23)26-13-5-6-16(21(24)25)15(20)10-13/h3-6,9-10,22H,2,7-8H2,1H3. The van der Waals surface area contributed by atoms with Crippen molar-refractivity contribution < 1.29 is 19.6 Å². The molecule has 0 bridgehead atoms. The number of allylic oxidation sites excluding steroid dienone is 2. The second-order valence-electron chi connectivity index (χ2n) is 5.89. The summed E-state index contributed by atoms with van der Waals surface area (Å²) in [6.45, 7) is 1.96. The zero-order valence-electron chi connectivity index (χ0n) is 14.0. The third-order valence-corrected chi connectivity index (χ3v) is 4.54. The van der Waals surface area contributed by atoms with Crippen molar-refractivity contribution in [3.8, 4) is 11.5 Å².